The molecule has 0 aromatic heterocycles. The molecule has 2 aromatic rings. The summed E-state index contributed by atoms with van der Waals surface area (Å²) in [6.45, 7) is 5.13. The highest BCUT2D eigenvalue weighted by molar-refractivity contribution is 14.1. The van der Waals surface area contributed by atoms with Crippen molar-refractivity contribution in [3.8, 4) is 0 Å². The smallest absolute Gasteiger partial charge is 0.252 e. The number of hydrogen-bond donors (Lipinski definition) is 1. The number of halogens is 1. The van der Waals surface area contributed by atoms with Crippen molar-refractivity contribution in [1.29, 1.82) is 0 Å². The van der Waals surface area contributed by atoms with Gasteiger partial charge in [0, 0.05) is 29.7 Å². The second-order valence-corrected chi connectivity index (χ2v) is 7.03. The van der Waals surface area contributed by atoms with Crippen molar-refractivity contribution < 1.29 is 9.53 Å². The summed E-state index contributed by atoms with van der Waals surface area (Å²) in [4.78, 5) is 14.6. The molecule has 0 spiro atoms. The fourth-order valence-electron chi connectivity index (χ4n) is 2.70. The van der Waals surface area contributed by atoms with Crippen LogP contribution in [0, 0.1) is 3.57 Å². The Morgan fingerprint density at radius 1 is 1.04 bits per heavy atom. The van der Waals surface area contributed by atoms with E-state index in [0.29, 0.717) is 6.54 Å². The maximum atomic E-state index is 12.2. The van der Waals surface area contributed by atoms with Gasteiger partial charge >= 0.3 is 0 Å². The monoisotopic (exact) mass is 436 g/mol. The lowest BCUT2D eigenvalue weighted by Crippen LogP contribution is -2.35. The van der Waals surface area contributed by atoms with E-state index in [1.54, 1.807) is 0 Å². The summed E-state index contributed by atoms with van der Waals surface area (Å²) in [7, 11) is 0. The fourth-order valence-corrected chi connectivity index (χ4v) is 3.34. The summed E-state index contributed by atoms with van der Waals surface area (Å²) in [6.07, 6.45) is 0. The second kappa shape index (κ2) is 8.60. The Labute approximate surface area is 156 Å². The number of nitrogens with one attached hydrogen (secondary N) is 1. The van der Waals surface area contributed by atoms with Gasteiger partial charge in [-0.2, -0.15) is 0 Å². The Balaban J connectivity index is 1.52. The number of morpholine rings is 1. The fraction of sp³-hybridized carbons (Fsp3) is 0.316. The number of benzene rings is 2. The number of nitrogens with zero attached hydrogens (tertiary/aromatic N) is 1. The number of carbonyl (C=O) groups is 1. The third-order valence-electron chi connectivity index (χ3n) is 4.10. The van der Waals surface area contributed by atoms with E-state index in [-0.39, 0.29) is 5.91 Å². The average molecular weight is 436 g/mol. The van der Waals surface area contributed by atoms with Crippen LogP contribution >= 0.6 is 22.6 Å². The van der Waals surface area contributed by atoms with Gasteiger partial charge in [0.25, 0.3) is 5.91 Å². The molecule has 4 nitrogen and oxygen atoms in total. The van der Waals surface area contributed by atoms with E-state index in [2.05, 4.69) is 57.1 Å². The molecular formula is C19H21IN2O2. The topological polar surface area (TPSA) is 41.6 Å². The molecule has 0 bridgehead atoms. The number of carbonyl (C=O) groups excluding carboxylic acids is 1. The Kier molecular flexibility index (Phi) is 6.23. The maximum Gasteiger partial charge on any atom is 0.252 e. The van der Waals surface area contributed by atoms with E-state index in [9.17, 15) is 4.79 Å². The molecule has 1 fully saturated rings. The van der Waals surface area contributed by atoms with Crippen molar-refractivity contribution in [1.82, 2.24) is 10.2 Å². The van der Waals surface area contributed by atoms with Gasteiger partial charge in [-0.15, -0.1) is 0 Å². The molecule has 5 heteroatoms. The van der Waals surface area contributed by atoms with Gasteiger partial charge in [-0.3, -0.25) is 9.69 Å². The van der Waals surface area contributed by atoms with Gasteiger partial charge < -0.3 is 10.1 Å². The molecule has 0 unspecified atom stereocenters. The van der Waals surface area contributed by atoms with Crippen molar-refractivity contribution in [2.45, 2.75) is 13.1 Å². The quantitative estimate of drug-likeness (QED) is 0.733. The molecule has 1 heterocycles. The van der Waals surface area contributed by atoms with Crippen molar-refractivity contribution >= 4 is 28.5 Å². The van der Waals surface area contributed by atoms with E-state index < -0.39 is 0 Å². The summed E-state index contributed by atoms with van der Waals surface area (Å²) in [6, 6.07) is 16.1. The molecule has 24 heavy (non-hydrogen) atoms. The van der Waals surface area contributed by atoms with Crippen molar-refractivity contribution in [3.63, 3.8) is 0 Å². The van der Waals surface area contributed by atoms with Crippen molar-refractivity contribution in [3.05, 3.63) is 68.8 Å². The highest BCUT2D eigenvalue weighted by Gasteiger charge is 2.11. The van der Waals surface area contributed by atoms with Gasteiger partial charge in [-0.1, -0.05) is 36.4 Å². The highest BCUT2D eigenvalue weighted by Crippen LogP contribution is 2.12. The molecule has 2 aromatic carbocycles. The zero-order valence-electron chi connectivity index (χ0n) is 13.5. The number of ether oxygens (including phenoxy) is 1. The standard InChI is InChI=1S/C19H21IN2O2/c20-18-4-2-1-3-17(18)19(23)21-13-15-5-7-16(8-6-15)14-22-9-11-24-12-10-22/h1-8H,9-14H2,(H,21,23). The average Bonchev–Trinajstić information content (AvgIpc) is 2.62. The van der Waals surface area contributed by atoms with Gasteiger partial charge in [-0.05, 0) is 45.9 Å². The van der Waals surface area contributed by atoms with Crippen LogP contribution in [-0.2, 0) is 17.8 Å². The van der Waals surface area contributed by atoms with Crippen molar-refractivity contribution in [2.75, 3.05) is 26.3 Å². The van der Waals surface area contributed by atoms with Gasteiger partial charge in [0.2, 0.25) is 0 Å². The predicted octanol–water partition coefficient (Wildman–Crippen LogP) is 3.05. The van der Waals surface area contributed by atoms with Crippen LogP contribution in [-0.4, -0.2) is 37.1 Å². The Morgan fingerprint density at radius 3 is 2.42 bits per heavy atom. The number of rotatable bonds is 5. The molecule has 3 rings (SSSR count). The Bertz CT molecular complexity index is 682. The van der Waals surface area contributed by atoms with E-state index in [1.807, 2.05) is 24.3 Å². The molecule has 0 radical (unpaired) electrons. The molecule has 1 saturated heterocycles. The third-order valence-corrected chi connectivity index (χ3v) is 5.05. The van der Waals surface area contributed by atoms with E-state index >= 15 is 0 Å². The summed E-state index contributed by atoms with van der Waals surface area (Å²) >= 11 is 2.19. The maximum absolute atomic E-state index is 12.2. The van der Waals surface area contributed by atoms with Crippen LogP contribution in [0.15, 0.2) is 48.5 Å². The zero-order chi connectivity index (χ0) is 16.8. The first-order valence-electron chi connectivity index (χ1n) is 8.13. The van der Waals surface area contributed by atoms with Crippen LogP contribution in [0.1, 0.15) is 21.5 Å². The molecule has 0 atom stereocenters. The lowest BCUT2D eigenvalue weighted by Gasteiger charge is -2.26. The summed E-state index contributed by atoms with van der Waals surface area (Å²) < 4.78 is 6.34. The van der Waals surface area contributed by atoms with Crippen molar-refractivity contribution in [2.24, 2.45) is 0 Å². The summed E-state index contributed by atoms with van der Waals surface area (Å²) in [5.74, 6) is -0.0302. The Morgan fingerprint density at radius 2 is 1.71 bits per heavy atom. The number of hydrogen-bond acceptors (Lipinski definition) is 3. The van der Waals surface area contributed by atoms with Crippen LogP contribution in [0.25, 0.3) is 0 Å². The molecule has 126 valence electrons. The SMILES string of the molecule is O=C(NCc1ccc(CN2CCOCC2)cc1)c1ccccc1I. The third kappa shape index (κ3) is 4.78. The van der Waals surface area contributed by atoms with Gasteiger partial charge in [0.05, 0.1) is 18.8 Å². The molecule has 1 amide bonds. The minimum Gasteiger partial charge on any atom is -0.379 e. The predicted molar refractivity (Wildman–Crippen MR) is 103 cm³/mol. The molecule has 1 aliphatic rings. The minimum atomic E-state index is -0.0302. The van der Waals surface area contributed by atoms with Crippen LogP contribution in [0.4, 0.5) is 0 Å². The lowest BCUT2D eigenvalue weighted by atomic mass is 10.1. The van der Waals surface area contributed by atoms with E-state index in [1.165, 1.54) is 5.56 Å². The number of amides is 1. The summed E-state index contributed by atoms with van der Waals surface area (Å²) in [5, 5.41) is 2.99. The highest BCUT2D eigenvalue weighted by atomic mass is 127. The zero-order valence-corrected chi connectivity index (χ0v) is 15.7. The van der Waals surface area contributed by atoms with Gasteiger partial charge in [0.15, 0.2) is 0 Å². The van der Waals surface area contributed by atoms with E-state index in [0.717, 1.165) is 47.5 Å². The first kappa shape index (κ1) is 17.4. The molecule has 0 saturated carbocycles. The van der Waals surface area contributed by atoms with Crippen LogP contribution in [0.5, 0.6) is 0 Å². The molecule has 1 N–H and O–H groups in total. The van der Waals surface area contributed by atoms with Crippen LogP contribution < -0.4 is 5.32 Å². The summed E-state index contributed by atoms with van der Waals surface area (Å²) in [5.41, 5.74) is 3.13. The van der Waals surface area contributed by atoms with Gasteiger partial charge in [-0.25, -0.2) is 0 Å². The normalized spacial score (nSPS) is 15.2. The lowest BCUT2D eigenvalue weighted by molar-refractivity contribution is 0.0342. The van der Waals surface area contributed by atoms with Crippen LogP contribution in [0.3, 0.4) is 0 Å². The second-order valence-electron chi connectivity index (χ2n) is 5.87. The minimum absolute atomic E-state index is 0.0302. The first-order chi connectivity index (χ1) is 11.7. The van der Waals surface area contributed by atoms with Gasteiger partial charge in [0.1, 0.15) is 0 Å². The molecular weight excluding hydrogens is 415 g/mol. The molecule has 1 aliphatic heterocycles. The van der Waals surface area contributed by atoms with E-state index in [4.69, 9.17) is 4.74 Å². The first-order valence-corrected chi connectivity index (χ1v) is 9.21. The largest absolute Gasteiger partial charge is 0.379 e. The Hall–Kier alpha value is -1.44. The van der Waals surface area contributed by atoms with Crippen LogP contribution in [0.2, 0.25) is 0 Å². The molecule has 0 aliphatic carbocycles.